The second kappa shape index (κ2) is 5.00. The molecule has 0 aliphatic heterocycles. The number of rotatable bonds is 1. The fourth-order valence-corrected chi connectivity index (χ4v) is 0. The molecule has 0 heterocycles. The predicted molar refractivity (Wildman–Crippen MR) is 29.4 cm³/mol. The standard InChI is InChI=1S/Br2Se2/c1-3-4-2. The van der Waals surface area contributed by atoms with Gasteiger partial charge in [0.1, 0.15) is 0 Å². The van der Waals surface area contributed by atoms with Crippen LogP contribution in [-0.4, -0.2) is 22.6 Å². The van der Waals surface area contributed by atoms with Gasteiger partial charge in [-0.2, -0.15) is 0 Å². The molecule has 0 rings (SSSR count). The zero-order valence-corrected chi connectivity index (χ0v) is 8.17. The monoisotopic (exact) mass is 318 g/mol. The van der Waals surface area contributed by atoms with Crippen molar-refractivity contribution < 1.29 is 0 Å². The van der Waals surface area contributed by atoms with Crippen LogP contribution in [0.2, 0.25) is 0 Å². The van der Waals surface area contributed by atoms with Gasteiger partial charge < -0.3 is 0 Å². The summed E-state index contributed by atoms with van der Waals surface area (Å²) in [6.07, 6.45) is 0. The third-order valence-electron chi connectivity index (χ3n) is 0.0238. The van der Waals surface area contributed by atoms with Crippen LogP contribution in [0.5, 0.6) is 0 Å². The van der Waals surface area contributed by atoms with Crippen molar-refractivity contribution >= 4 is 50.9 Å². The Labute approximate surface area is 50.4 Å². The second-order valence-electron chi connectivity index (χ2n) is 0.126. The SMILES string of the molecule is Br[Se][Se]Br. The summed E-state index contributed by atoms with van der Waals surface area (Å²) in [7, 11) is 0. The molecule has 0 unspecified atom stereocenters. The van der Waals surface area contributed by atoms with Gasteiger partial charge in [-0.3, -0.25) is 0 Å². The summed E-state index contributed by atoms with van der Waals surface area (Å²) in [5.74, 6) is 0. The van der Waals surface area contributed by atoms with Crippen LogP contribution in [0, 0.1) is 0 Å². The molecule has 0 N–H and O–H groups in total. The van der Waals surface area contributed by atoms with E-state index >= 15 is 0 Å². The zero-order valence-electron chi connectivity index (χ0n) is 1.57. The zero-order chi connectivity index (χ0) is 3.41. The first-order valence-electron chi connectivity index (χ1n) is 0.475. The first-order chi connectivity index (χ1) is 1.91. The quantitative estimate of drug-likeness (QED) is 0.631. The predicted octanol–water partition coefficient (Wildman–Crippen LogP) is 0.930. The Morgan fingerprint density at radius 1 is 1.00 bits per heavy atom. The normalized spacial score (nSPS) is 7.50. The van der Waals surface area contributed by atoms with E-state index < -0.39 is 0 Å². The Balaban J connectivity index is 1.97. The van der Waals surface area contributed by atoms with Gasteiger partial charge in [-0.15, -0.1) is 0 Å². The molecule has 0 aromatic carbocycles. The molecule has 26 valence electrons. The minimum atomic E-state index is 0.708. The van der Waals surface area contributed by atoms with Gasteiger partial charge in [-0.25, -0.2) is 0 Å². The molecule has 0 radical (unpaired) electrons. The molecular weight excluding hydrogens is 318 g/mol. The van der Waals surface area contributed by atoms with Gasteiger partial charge in [0.05, 0.1) is 0 Å². The van der Waals surface area contributed by atoms with Crippen molar-refractivity contribution in [3.8, 4) is 0 Å². The van der Waals surface area contributed by atoms with E-state index in [4.69, 9.17) is 0 Å². The maximum atomic E-state index is 3.29. The van der Waals surface area contributed by atoms with Gasteiger partial charge in [0.15, 0.2) is 0 Å². The molecule has 0 aliphatic carbocycles. The van der Waals surface area contributed by atoms with E-state index in [1.165, 1.54) is 0 Å². The Bertz CT molecular complexity index is 6.00. The molecule has 0 amide bonds. The van der Waals surface area contributed by atoms with E-state index in [0.717, 1.165) is 0 Å². The average molecular weight is 318 g/mol. The van der Waals surface area contributed by atoms with Gasteiger partial charge >= 0.3 is 50.9 Å². The maximum absolute atomic E-state index is 3.29. The number of hydrogen-bond acceptors (Lipinski definition) is 0. The molecule has 0 aliphatic rings. The van der Waals surface area contributed by atoms with Crippen LogP contribution in [0.4, 0.5) is 0 Å². The molecule has 0 bridgehead atoms. The number of halogens is 2. The Kier molecular flexibility index (Phi) is 7.50. The van der Waals surface area contributed by atoms with Gasteiger partial charge in [0.2, 0.25) is 0 Å². The Morgan fingerprint density at radius 3 is 1.25 bits per heavy atom. The molecule has 0 nitrogen and oxygen atoms in total. The van der Waals surface area contributed by atoms with Gasteiger partial charge in [-0.1, -0.05) is 0 Å². The summed E-state index contributed by atoms with van der Waals surface area (Å²) in [6.45, 7) is 0. The second-order valence-corrected chi connectivity index (χ2v) is 17.7. The van der Waals surface area contributed by atoms with E-state index in [-0.39, 0.29) is 0 Å². The van der Waals surface area contributed by atoms with Crippen molar-refractivity contribution in [2.75, 3.05) is 0 Å². The third kappa shape index (κ3) is 4.00. The molecule has 0 aromatic heterocycles. The van der Waals surface area contributed by atoms with Crippen molar-refractivity contribution in [2.45, 2.75) is 0 Å². The summed E-state index contributed by atoms with van der Waals surface area (Å²) in [5, 5.41) is 0. The van der Waals surface area contributed by atoms with Crippen molar-refractivity contribution in [2.24, 2.45) is 0 Å². The van der Waals surface area contributed by atoms with E-state index in [2.05, 4.69) is 28.2 Å². The molecule has 4 heavy (non-hydrogen) atoms. The van der Waals surface area contributed by atoms with Crippen LogP contribution in [0.3, 0.4) is 0 Å². The summed E-state index contributed by atoms with van der Waals surface area (Å²) in [4.78, 5) is 0. The van der Waals surface area contributed by atoms with E-state index in [1.807, 2.05) is 0 Å². The molecule has 0 fully saturated rings. The first kappa shape index (κ1) is 6.00. The molecule has 0 aromatic rings. The summed E-state index contributed by atoms with van der Waals surface area (Å²) in [5.41, 5.74) is 0. The van der Waals surface area contributed by atoms with Gasteiger partial charge in [-0.05, 0) is 0 Å². The van der Waals surface area contributed by atoms with Crippen LogP contribution < -0.4 is 0 Å². The van der Waals surface area contributed by atoms with E-state index in [0.29, 0.717) is 22.6 Å². The van der Waals surface area contributed by atoms with Crippen LogP contribution >= 0.6 is 28.2 Å². The Hall–Kier alpha value is 2.00. The third-order valence-corrected chi connectivity index (χ3v) is 17.4. The topological polar surface area (TPSA) is 0 Å². The van der Waals surface area contributed by atoms with Gasteiger partial charge in [0, 0.05) is 0 Å². The molecule has 4 heteroatoms. The number of hydrogen-bond donors (Lipinski definition) is 0. The minimum absolute atomic E-state index is 0.708. The fourth-order valence-electron chi connectivity index (χ4n) is 0. The van der Waals surface area contributed by atoms with Crippen molar-refractivity contribution in [3.63, 3.8) is 0 Å². The average Bonchev–Trinajstić information content (AvgIpc) is 1.37. The van der Waals surface area contributed by atoms with Crippen LogP contribution in [0.25, 0.3) is 0 Å². The summed E-state index contributed by atoms with van der Waals surface area (Å²) < 4.78 is 0. The fraction of sp³-hybridized carbons (Fsp3) is 0. The van der Waals surface area contributed by atoms with Crippen molar-refractivity contribution in [3.05, 3.63) is 0 Å². The van der Waals surface area contributed by atoms with Crippen molar-refractivity contribution in [1.82, 2.24) is 0 Å². The Morgan fingerprint density at radius 2 is 1.25 bits per heavy atom. The summed E-state index contributed by atoms with van der Waals surface area (Å²) >= 11 is 8.00. The molecular formula is Br2Se2. The molecule has 0 spiro atoms. The first-order valence-corrected chi connectivity index (χ1v) is 12.8. The molecule has 0 saturated heterocycles. The molecule has 0 saturated carbocycles. The molecule has 0 atom stereocenters. The van der Waals surface area contributed by atoms with Crippen LogP contribution in [0.1, 0.15) is 0 Å². The van der Waals surface area contributed by atoms with Crippen molar-refractivity contribution in [1.29, 1.82) is 0 Å². The van der Waals surface area contributed by atoms with E-state index in [9.17, 15) is 0 Å². The van der Waals surface area contributed by atoms with Gasteiger partial charge in [0.25, 0.3) is 0 Å². The van der Waals surface area contributed by atoms with Crippen LogP contribution in [0.15, 0.2) is 0 Å². The van der Waals surface area contributed by atoms with E-state index in [1.54, 1.807) is 0 Å². The van der Waals surface area contributed by atoms with Crippen LogP contribution in [-0.2, 0) is 0 Å². The summed E-state index contributed by atoms with van der Waals surface area (Å²) in [6, 6.07) is 0.